The molecule has 0 aromatic heterocycles. The molecule has 2 nitrogen and oxygen atoms in total. The highest BCUT2D eigenvalue weighted by atomic mass is 35.5. The number of alkyl halides is 3. The first kappa shape index (κ1) is 14.3. The van der Waals surface area contributed by atoms with Gasteiger partial charge in [0.2, 0.25) is 0 Å². The van der Waals surface area contributed by atoms with E-state index < -0.39 is 5.51 Å². The van der Waals surface area contributed by atoms with E-state index in [2.05, 4.69) is 0 Å². The van der Waals surface area contributed by atoms with Gasteiger partial charge in [-0.2, -0.15) is 13.2 Å². The Kier molecular flexibility index (Phi) is 4.82. The fraction of sp³-hybridized carbons (Fsp3) is 0.400. The van der Waals surface area contributed by atoms with Crippen molar-refractivity contribution < 1.29 is 13.2 Å². The van der Waals surface area contributed by atoms with Gasteiger partial charge in [-0.25, -0.2) is 0 Å². The zero-order chi connectivity index (χ0) is 13.1. The number of nitrogens with zero attached hydrogens (tertiary/aromatic N) is 1. The zero-order valence-electron chi connectivity index (χ0n) is 9.09. The molecule has 0 aliphatic rings. The Morgan fingerprint density at radius 3 is 2.65 bits per heavy atom. The van der Waals surface area contributed by atoms with Crippen LogP contribution in [0.3, 0.4) is 0 Å². The SMILES string of the molecule is CN(CCSC(F)(F)F)c1cc(Cl)ccc1N. The molecule has 0 aliphatic carbocycles. The van der Waals surface area contributed by atoms with E-state index in [1.165, 1.54) is 0 Å². The summed E-state index contributed by atoms with van der Waals surface area (Å²) in [5.74, 6) is -0.0496. The Labute approximate surface area is 107 Å². The number of hydrogen-bond acceptors (Lipinski definition) is 3. The van der Waals surface area contributed by atoms with Crippen molar-refractivity contribution in [1.29, 1.82) is 0 Å². The Balaban J connectivity index is 2.58. The van der Waals surface area contributed by atoms with Crippen molar-refractivity contribution in [3.05, 3.63) is 23.2 Å². The highest BCUT2D eigenvalue weighted by Crippen LogP contribution is 2.31. The first-order valence-corrected chi connectivity index (χ1v) is 6.13. The number of hydrogen-bond donors (Lipinski definition) is 1. The number of halogens is 4. The fourth-order valence-corrected chi connectivity index (χ4v) is 2.03. The highest BCUT2D eigenvalue weighted by molar-refractivity contribution is 8.00. The smallest absolute Gasteiger partial charge is 0.397 e. The average Bonchev–Trinajstić information content (AvgIpc) is 2.19. The highest BCUT2D eigenvalue weighted by Gasteiger charge is 2.27. The number of anilines is 2. The van der Waals surface area contributed by atoms with Crippen molar-refractivity contribution in [2.24, 2.45) is 0 Å². The Morgan fingerprint density at radius 1 is 1.41 bits per heavy atom. The molecule has 0 fully saturated rings. The Bertz CT molecular complexity index is 384. The summed E-state index contributed by atoms with van der Waals surface area (Å²) in [5, 5.41) is 0.504. The van der Waals surface area contributed by atoms with Crippen LogP contribution in [0.15, 0.2) is 18.2 Å². The minimum absolute atomic E-state index is 0.0488. The van der Waals surface area contributed by atoms with Gasteiger partial charge in [0.1, 0.15) is 0 Å². The number of nitrogens with two attached hydrogens (primary N) is 1. The zero-order valence-corrected chi connectivity index (χ0v) is 10.7. The van der Waals surface area contributed by atoms with E-state index in [4.69, 9.17) is 17.3 Å². The molecule has 1 rings (SSSR count). The number of rotatable bonds is 4. The van der Waals surface area contributed by atoms with Crippen LogP contribution in [-0.4, -0.2) is 24.9 Å². The van der Waals surface area contributed by atoms with Crippen molar-refractivity contribution in [3.8, 4) is 0 Å². The summed E-state index contributed by atoms with van der Waals surface area (Å²) in [6.07, 6.45) is 0. The van der Waals surface area contributed by atoms with E-state index >= 15 is 0 Å². The third-order valence-corrected chi connectivity index (χ3v) is 3.05. The molecule has 0 saturated carbocycles. The lowest BCUT2D eigenvalue weighted by Gasteiger charge is -2.21. The van der Waals surface area contributed by atoms with Crippen molar-refractivity contribution >= 4 is 34.7 Å². The van der Waals surface area contributed by atoms with E-state index in [0.717, 1.165) is 0 Å². The summed E-state index contributed by atoms with van der Waals surface area (Å²) in [7, 11) is 1.68. The van der Waals surface area contributed by atoms with Gasteiger partial charge in [-0.05, 0) is 30.0 Å². The molecule has 0 saturated heterocycles. The van der Waals surface area contributed by atoms with Gasteiger partial charge in [-0.1, -0.05) is 11.6 Å². The molecule has 0 radical (unpaired) electrons. The van der Waals surface area contributed by atoms with Crippen molar-refractivity contribution in [3.63, 3.8) is 0 Å². The predicted molar refractivity (Wildman–Crippen MR) is 67.6 cm³/mol. The van der Waals surface area contributed by atoms with Gasteiger partial charge in [-0.3, -0.25) is 0 Å². The van der Waals surface area contributed by atoms with Crippen LogP contribution in [0.5, 0.6) is 0 Å². The van der Waals surface area contributed by atoms with Gasteiger partial charge in [0, 0.05) is 24.4 Å². The van der Waals surface area contributed by atoms with Crippen LogP contribution in [-0.2, 0) is 0 Å². The second-order valence-electron chi connectivity index (χ2n) is 3.42. The van der Waals surface area contributed by atoms with E-state index in [1.807, 2.05) is 0 Å². The molecule has 17 heavy (non-hydrogen) atoms. The van der Waals surface area contributed by atoms with Gasteiger partial charge in [0.25, 0.3) is 0 Å². The van der Waals surface area contributed by atoms with Gasteiger partial charge in [-0.15, -0.1) is 0 Å². The van der Waals surface area contributed by atoms with Gasteiger partial charge >= 0.3 is 5.51 Å². The molecule has 1 aromatic rings. The van der Waals surface area contributed by atoms with Crippen molar-refractivity contribution in [2.45, 2.75) is 5.51 Å². The maximum absolute atomic E-state index is 12.0. The predicted octanol–water partition coefficient (Wildman–Crippen LogP) is 3.61. The quantitative estimate of drug-likeness (QED) is 0.857. The van der Waals surface area contributed by atoms with Gasteiger partial charge in [0.15, 0.2) is 0 Å². The van der Waals surface area contributed by atoms with Crippen LogP contribution in [0.1, 0.15) is 0 Å². The fourth-order valence-electron chi connectivity index (χ4n) is 1.27. The standard InChI is InChI=1S/C10H12ClF3N2S/c1-16(4-5-17-10(12,13)14)9-6-7(11)2-3-8(9)15/h2-3,6H,4-5,15H2,1H3. The Morgan fingerprint density at radius 2 is 2.06 bits per heavy atom. The average molecular weight is 285 g/mol. The van der Waals surface area contributed by atoms with E-state index in [-0.39, 0.29) is 24.1 Å². The maximum Gasteiger partial charge on any atom is 0.441 e. The third kappa shape index (κ3) is 4.95. The molecule has 2 N–H and O–H groups in total. The van der Waals surface area contributed by atoms with Gasteiger partial charge in [0.05, 0.1) is 11.4 Å². The molecule has 0 aliphatic heterocycles. The minimum Gasteiger partial charge on any atom is -0.397 e. The maximum atomic E-state index is 12.0. The van der Waals surface area contributed by atoms with E-state index in [9.17, 15) is 13.2 Å². The molecule has 0 bridgehead atoms. The second kappa shape index (κ2) is 5.73. The summed E-state index contributed by atoms with van der Waals surface area (Å²) in [4.78, 5) is 1.65. The van der Waals surface area contributed by atoms with Crippen molar-refractivity contribution in [1.82, 2.24) is 0 Å². The van der Waals surface area contributed by atoms with Crippen LogP contribution in [0.25, 0.3) is 0 Å². The lowest BCUT2D eigenvalue weighted by atomic mass is 10.2. The Hall–Kier alpha value is -0.750. The third-order valence-electron chi connectivity index (χ3n) is 2.10. The molecule has 0 unspecified atom stereocenters. The topological polar surface area (TPSA) is 29.3 Å². The first-order chi connectivity index (χ1) is 7.79. The molecule has 96 valence electrons. The summed E-state index contributed by atoms with van der Waals surface area (Å²) < 4.78 is 35.9. The van der Waals surface area contributed by atoms with E-state index in [1.54, 1.807) is 30.1 Å². The summed E-state index contributed by atoms with van der Waals surface area (Å²) >= 11 is 5.75. The van der Waals surface area contributed by atoms with Crippen LogP contribution in [0.2, 0.25) is 5.02 Å². The molecule has 7 heteroatoms. The lowest BCUT2D eigenvalue weighted by molar-refractivity contribution is -0.0327. The molecule has 0 amide bonds. The number of nitrogen functional groups attached to an aromatic ring is 1. The van der Waals surface area contributed by atoms with Gasteiger partial charge < -0.3 is 10.6 Å². The largest absolute Gasteiger partial charge is 0.441 e. The molecule has 0 spiro atoms. The van der Waals surface area contributed by atoms with Crippen molar-refractivity contribution in [2.75, 3.05) is 30.0 Å². The van der Waals surface area contributed by atoms with Crippen LogP contribution >= 0.6 is 23.4 Å². The van der Waals surface area contributed by atoms with Crippen LogP contribution in [0.4, 0.5) is 24.5 Å². The molecule has 0 atom stereocenters. The summed E-state index contributed by atoms with van der Waals surface area (Å²) in [6, 6.07) is 4.90. The van der Waals surface area contributed by atoms with E-state index in [0.29, 0.717) is 16.4 Å². The molecular weight excluding hydrogens is 273 g/mol. The monoisotopic (exact) mass is 284 g/mol. The van der Waals surface area contributed by atoms with Crippen LogP contribution in [0, 0.1) is 0 Å². The lowest BCUT2D eigenvalue weighted by Crippen LogP contribution is -2.22. The first-order valence-electron chi connectivity index (χ1n) is 4.76. The minimum atomic E-state index is -4.19. The number of thioether (sulfide) groups is 1. The summed E-state index contributed by atoms with van der Waals surface area (Å²) in [6.45, 7) is 0.245. The number of benzene rings is 1. The second-order valence-corrected chi connectivity index (χ2v) is 5.02. The normalized spacial score (nSPS) is 11.6. The molecule has 1 aromatic carbocycles. The van der Waals surface area contributed by atoms with Crippen LogP contribution < -0.4 is 10.6 Å². The molecular formula is C10H12ClF3N2S. The molecule has 0 heterocycles. The summed E-state index contributed by atoms with van der Waals surface area (Å²) in [5.41, 5.74) is 2.66.